The first kappa shape index (κ1) is 20.2. The standard InChI is InChI=1S/C19H19F4N3O2/c1-17(9-25-2)10-28-16-13(17)7-14(18(27,8-24)19(21,22)23)26-15(16)11-3-5-12(20)6-4-11/h3-7,27H,2,8-10,24H2,1H3/t17-,18?/m0/s1. The zero-order valence-corrected chi connectivity index (χ0v) is 15.1. The number of pyridine rings is 1. The fraction of sp³-hybridized carbons (Fsp3) is 0.368. The van der Waals surface area contributed by atoms with E-state index in [4.69, 9.17) is 10.5 Å². The summed E-state index contributed by atoms with van der Waals surface area (Å²) in [6.07, 6.45) is -5.05. The maximum Gasteiger partial charge on any atom is 0.424 e. The fourth-order valence-corrected chi connectivity index (χ4v) is 3.20. The van der Waals surface area contributed by atoms with Crippen LogP contribution in [-0.2, 0) is 11.0 Å². The van der Waals surface area contributed by atoms with Crippen molar-refractivity contribution in [3.05, 3.63) is 47.4 Å². The molecule has 3 rings (SSSR count). The third-order valence-electron chi connectivity index (χ3n) is 4.92. The Morgan fingerprint density at radius 1 is 1.32 bits per heavy atom. The van der Waals surface area contributed by atoms with Crippen molar-refractivity contribution in [2.24, 2.45) is 10.7 Å². The molecule has 1 aliphatic heterocycles. The third-order valence-corrected chi connectivity index (χ3v) is 4.92. The van der Waals surface area contributed by atoms with E-state index >= 15 is 0 Å². The van der Waals surface area contributed by atoms with Crippen LogP contribution in [-0.4, -0.2) is 42.7 Å². The SMILES string of the molecule is C=NC[C@@]1(C)COc2c1cc(C(O)(CN)C(F)(F)F)nc2-c1ccc(F)cc1. The Balaban J connectivity index is 2.30. The number of ether oxygens (including phenoxy) is 1. The molecule has 0 aliphatic carbocycles. The van der Waals surface area contributed by atoms with Gasteiger partial charge in [0.05, 0.1) is 18.8 Å². The molecule has 0 radical (unpaired) electrons. The van der Waals surface area contributed by atoms with Crippen LogP contribution in [0.2, 0.25) is 0 Å². The molecular weight excluding hydrogens is 378 g/mol. The molecule has 2 aromatic rings. The number of halogens is 4. The summed E-state index contributed by atoms with van der Waals surface area (Å²) in [6, 6.07) is 6.23. The van der Waals surface area contributed by atoms with Crippen molar-refractivity contribution in [1.82, 2.24) is 4.98 Å². The van der Waals surface area contributed by atoms with E-state index in [2.05, 4.69) is 16.7 Å². The highest BCUT2D eigenvalue weighted by Gasteiger charge is 2.56. The lowest BCUT2D eigenvalue weighted by Crippen LogP contribution is -2.49. The number of hydrogen-bond acceptors (Lipinski definition) is 5. The maximum atomic E-state index is 13.6. The van der Waals surface area contributed by atoms with E-state index in [9.17, 15) is 22.7 Å². The van der Waals surface area contributed by atoms with E-state index in [-0.39, 0.29) is 24.6 Å². The summed E-state index contributed by atoms with van der Waals surface area (Å²) in [4.78, 5) is 7.89. The predicted molar refractivity (Wildman–Crippen MR) is 95.9 cm³/mol. The van der Waals surface area contributed by atoms with Gasteiger partial charge in [0.25, 0.3) is 0 Å². The molecule has 3 N–H and O–H groups in total. The van der Waals surface area contributed by atoms with Crippen LogP contribution in [0.4, 0.5) is 17.6 Å². The number of hydrogen-bond donors (Lipinski definition) is 2. The Morgan fingerprint density at radius 3 is 2.50 bits per heavy atom. The Hall–Kier alpha value is -2.52. The highest BCUT2D eigenvalue weighted by Crippen LogP contribution is 2.47. The van der Waals surface area contributed by atoms with Gasteiger partial charge in [-0.15, -0.1) is 0 Å². The minimum Gasteiger partial charge on any atom is -0.490 e. The highest BCUT2D eigenvalue weighted by molar-refractivity contribution is 5.71. The average Bonchev–Trinajstić information content (AvgIpc) is 2.97. The zero-order chi connectivity index (χ0) is 20.7. The van der Waals surface area contributed by atoms with Crippen LogP contribution < -0.4 is 10.5 Å². The number of aliphatic imine (C=N–C) groups is 1. The normalized spacial score (nSPS) is 21.0. The van der Waals surface area contributed by atoms with Crippen LogP contribution in [0.25, 0.3) is 11.3 Å². The van der Waals surface area contributed by atoms with Gasteiger partial charge in [-0.1, -0.05) is 6.92 Å². The van der Waals surface area contributed by atoms with E-state index in [0.717, 1.165) is 18.2 Å². The summed E-state index contributed by atoms with van der Waals surface area (Å²) in [5, 5.41) is 10.3. The smallest absolute Gasteiger partial charge is 0.424 e. The first-order valence-electron chi connectivity index (χ1n) is 8.42. The number of aromatic nitrogens is 1. The van der Waals surface area contributed by atoms with Crippen LogP contribution in [0.3, 0.4) is 0 Å². The molecule has 2 atom stereocenters. The second-order valence-electron chi connectivity index (χ2n) is 7.03. The lowest BCUT2D eigenvalue weighted by atomic mass is 9.82. The average molecular weight is 397 g/mol. The summed E-state index contributed by atoms with van der Waals surface area (Å²) >= 11 is 0. The Kier molecular flexibility index (Phi) is 4.93. The summed E-state index contributed by atoms with van der Waals surface area (Å²) in [5.41, 5.74) is 1.34. The first-order valence-corrected chi connectivity index (χ1v) is 8.42. The largest absolute Gasteiger partial charge is 0.490 e. The second-order valence-corrected chi connectivity index (χ2v) is 7.03. The molecule has 5 nitrogen and oxygen atoms in total. The lowest BCUT2D eigenvalue weighted by molar-refractivity contribution is -0.263. The molecule has 2 heterocycles. The highest BCUT2D eigenvalue weighted by atomic mass is 19.4. The van der Waals surface area contributed by atoms with Gasteiger partial charge in [0.15, 0.2) is 0 Å². The van der Waals surface area contributed by atoms with Gasteiger partial charge < -0.3 is 15.6 Å². The number of fused-ring (bicyclic) bond motifs is 1. The van der Waals surface area contributed by atoms with Crippen LogP contribution >= 0.6 is 0 Å². The Morgan fingerprint density at radius 2 is 1.96 bits per heavy atom. The van der Waals surface area contributed by atoms with Gasteiger partial charge >= 0.3 is 6.18 Å². The predicted octanol–water partition coefficient (Wildman–Crippen LogP) is 2.95. The molecule has 28 heavy (non-hydrogen) atoms. The van der Waals surface area contributed by atoms with E-state index in [1.165, 1.54) is 12.1 Å². The van der Waals surface area contributed by atoms with Crippen molar-refractivity contribution >= 4 is 6.72 Å². The molecule has 1 aliphatic rings. The van der Waals surface area contributed by atoms with Crippen molar-refractivity contribution in [2.75, 3.05) is 19.7 Å². The summed E-state index contributed by atoms with van der Waals surface area (Å²) in [6.45, 7) is 4.44. The van der Waals surface area contributed by atoms with E-state index in [0.29, 0.717) is 11.1 Å². The fourth-order valence-electron chi connectivity index (χ4n) is 3.20. The number of nitrogens with zero attached hydrogens (tertiary/aromatic N) is 2. The molecule has 0 saturated carbocycles. The topological polar surface area (TPSA) is 80.7 Å². The second kappa shape index (κ2) is 6.82. The summed E-state index contributed by atoms with van der Waals surface area (Å²) < 4.78 is 59.8. The van der Waals surface area contributed by atoms with Crippen molar-refractivity contribution in [1.29, 1.82) is 0 Å². The molecule has 0 bridgehead atoms. The van der Waals surface area contributed by atoms with Crippen molar-refractivity contribution < 1.29 is 27.4 Å². The van der Waals surface area contributed by atoms with Crippen LogP contribution in [0.1, 0.15) is 18.2 Å². The van der Waals surface area contributed by atoms with E-state index in [1.54, 1.807) is 6.92 Å². The van der Waals surface area contributed by atoms with Gasteiger partial charge in [-0.05, 0) is 37.0 Å². The van der Waals surface area contributed by atoms with Gasteiger partial charge in [0.2, 0.25) is 5.60 Å². The molecule has 0 amide bonds. The van der Waals surface area contributed by atoms with Crippen LogP contribution in [0.5, 0.6) is 5.75 Å². The van der Waals surface area contributed by atoms with Gasteiger partial charge in [0, 0.05) is 23.1 Å². The number of aliphatic hydroxyl groups is 1. The summed E-state index contributed by atoms with van der Waals surface area (Å²) in [5.74, 6) is -0.241. The maximum absolute atomic E-state index is 13.6. The Bertz CT molecular complexity index is 901. The number of rotatable bonds is 5. The molecule has 1 aromatic carbocycles. The number of benzene rings is 1. The van der Waals surface area contributed by atoms with Gasteiger partial charge in [-0.2, -0.15) is 13.2 Å². The molecule has 1 aromatic heterocycles. The van der Waals surface area contributed by atoms with Crippen molar-refractivity contribution in [3.63, 3.8) is 0 Å². The Labute approximate surface area is 158 Å². The van der Waals surface area contributed by atoms with E-state index in [1.807, 2.05) is 0 Å². The molecule has 1 unspecified atom stereocenters. The quantitative estimate of drug-likeness (QED) is 0.601. The lowest BCUT2D eigenvalue weighted by Gasteiger charge is -2.30. The number of alkyl halides is 3. The molecule has 150 valence electrons. The van der Waals surface area contributed by atoms with Gasteiger partial charge in [0.1, 0.15) is 17.3 Å². The molecule has 0 spiro atoms. The van der Waals surface area contributed by atoms with Gasteiger partial charge in [-0.3, -0.25) is 4.99 Å². The van der Waals surface area contributed by atoms with Crippen LogP contribution in [0, 0.1) is 5.82 Å². The van der Waals surface area contributed by atoms with Crippen molar-refractivity contribution in [2.45, 2.75) is 24.1 Å². The first-order chi connectivity index (χ1) is 13.1. The monoisotopic (exact) mass is 397 g/mol. The molecule has 0 fully saturated rings. The zero-order valence-electron chi connectivity index (χ0n) is 15.1. The van der Waals surface area contributed by atoms with Gasteiger partial charge in [-0.25, -0.2) is 9.37 Å². The van der Waals surface area contributed by atoms with Crippen LogP contribution in [0.15, 0.2) is 35.3 Å². The van der Waals surface area contributed by atoms with Crippen molar-refractivity contribution in [3.8, 4) is 17.0 Å². The third kappa shape index (κ3) is 3.14. The minimum absolute atomic E-state index is 0.0661. The van der Waals surface area contributed by atoms with E-state index < -0.39 is 35.2 Å². The molecule has 0 saturated heterocycles. The summed E-state index contributed by atoms with van der Waals surface area (Å²) in [7, 11) is 0. The molecule has 9 heteroatoms. The molecular formula is C19H19F4N3O2. The number of nitrogens with two attached hydrogens (primary N) is 1. The minimum atomic E-state index is -5.05.